The summed E-state index contributed by atoms with van der Waals surface area (Å²) in [6.45, 7) is 2.14. The van der Waals surface area contributed by atoms with Crippen molar-refractivity contribution in [3.05, 3.63) is 82.0 Å². The molecule has 2 amide bonds. The molecule has 3 aromatic rings. The summed E-state index contributed by atoms with van der Waals surface area (Å²) in [7, 11) is 0. The Bertz CT molecular complexity index is 1170. The maximum absolute atomic E-state index is 13.0. The largest absolute Gasteiger partial charge is 0.477 e. The highest BCUT2D eigenvalue weighted by Crippen LogP contribution is 2.18. The fraction of sp³-hybridized carbons (Fsp3) is 0.292. The van der Waals surface area contributed by atoms with E-state index in [2.05, 4.69) is 15.0 Å². The van der Waals surface area contributed by atoms with Crippen LogP contribution in [0, 0.1) is 0 Å². The number of nitrogens with zero attached hydrogens (tertiary/aromatic N) is 5. The fourth-order valence-corrected chi connectivity index (χ4v) is 4.06. The molecule has 176 valence electrons. The van der Waals surface area contributed by atoms with E-state index in [9.17, 15) is 9.59 Å². The summed E-state index contributed by atoms with van der Waals surface area (Å²) in [5, 5.41) is 0.924. The molecule has 1 aliphatic heterocycles. The van der Waals surface area contributed by atoms with E-state index in [4.69, 9.17) is 27.9 Å². The van der Waals surface area contributed by atoms with Gasteiger partial charge in [-0.2, -0.15) is 0 Å². The fourth-order valence-electron chi connectivity index (χ4n) is 3.65. The van der Waals surface area contributed by atoms with Crippen molar-refractivity contribution in [1.82, 2.24) is 24.8 Å². The number of ether oxygens (including phenoxy) is 1. The average molecular weight is 500 g/mol. The number of rotatable bonds is 7. The van der Waals surface area contributed by atoms with Crippen LogP contribution in [0.15, 0.2) is 55.0 Å². The Morgan fingerprint density at radius 2 is 1.65 bits per heavy atom. The Kier molecular flexibility index (Phi) is 7.92. The summed E-state index contributed by atoms with van der Waals surface area (Å²) in [4.78, 5) is 41.3. The van der Waals surface area contributed by atoms with Crippen molar-refractivity contribution < 1.29 is 14.3 Å². The van der Waals surface area contributed by atoms with Crippen LogP contribution >= 0.6 is 23.2 Å². The lowest BCUT2D eigenvalue weighted by atomic mass is 10.2. The Hall–Kier alpha value is -3.23. The second-order valence-electron chi connectivity index (χ2n) is 7.72. The summed E-state index contributed by atoms with van der Waals surface area (Å²) in [5.41, 5.74) is 1.94. The van der Waals surface area contributed by atoms with Gasteiger partial charge in [-0.05, 0) is 17.7 Å². The minimum atomic E-state index is -0.123. The van der Waals surface area contributed by atoms with Gasteiger partial charge in [0.05, 0.1) is 18.7 Å². The Morgan fingerprint density at radius 1 is 0.912 bits per heavy atom. The predicted octanol–water partition coefficient (Wildman–Crippen LogP) is 3.33. The third-order valence-electron chi connectivity index (χ3n) is 5.52. The van der Waals surface area contributed by atoms with Crippen molar-refractivity contribution >= 4 is 35.0 Å². The van der Waals surface area contributed by atoms with E-state index in [0.29, 0.717) is 61.4 Å². The predicted molar refractivity (Wildman–Crippen MR) is 128 cm³/mol. The summed E-state index contributed by atoms with van der Waals surface area (Å²) in [6, 6.07) is 10.9. The van der Waals surface area contributed by atoms with Crippen LogP contribution in [-0.4, -0.2) is 69.4 Å². The summed E-state index contributed by atoms with van der Waals surface area (Å²) < 4.78 is 5.74. The maximum atomic E-state index is 13.0. The normalized spacial score (nSPS) is 13.6. The quantitative estimate of drug-likeness (QED) is 0.495. The lowest BCUT2D eigenvalue weighted by molar-refractivity contribution is -0.132. The molecule has 0 spiro atoms. The van der Waals surface area contributed by atoms with Gasteiger partial charge in [0.1, 0.15) is 0 Å². The minimum Gasteiger partial charge on any atom is -0.477 e. The molecule has 0 aliphatic carbocycles. The standard InChI is InChI=1S/C24H23Cl2N5O3/c25-19-4-2-1-3-17(19)6-14-34-21-15-18(5-7-28-21)24(33)31-12-10-30(11-13-31)22(32)16-20-23(26)29-9-8-27-20/h1-5,7-9,15H,6,10-14,16H2. The molecule has 1 saturated heterocycles. The van der Waals surface area contributed by atoms with Crippen molar-refractivity contribution in [2.45, 2.75) is 12.8 Å². The Balaban J connectivity index is 1.28. The van der Waals surface area contributed by atoms with Crippen molar-refractivity contribution in [3.8, 4) is 5.88 Å². The van der Waals surface area contributed by atoms with Gasteiger partial charge in [0.15, 0.2) is 5.15 Å². The van der Waals surface area contributed by atoms with Crippen LogP contribution in [0.5, 0.6) is 5.88 Å². The van der Waals surface area contributed by atoms with Crippen molar-refractivity contribution in [2.75, 3.05) is 32.8 Å². The molecule has 0 radical (unpaired) electrons. The number of carbonyl (C=O) groups is 2. The highest BCUT2D eigenvalue weighted by atomic mass is 35.5. The lowest BCUT2D eigenvalue weighted by Crippen LogP contribution is -2.51. The van der Waals surface area contributed by atoms with Crippen molar-refractivity contribution in [3.63, 3.8) is 0 Å². The minimum absolute atomic E-state index is 0.0832. The molecule has 8 nitrogen and oxygen atoms in total. The van der Waals surface area contributed by atoms with E-state index < -0.39 is 0 Å². The number of aromatic nitrogens is 3. The van der Waals surface area contributed by atoms with E-state index >= 15 is 0 Å². The van der Waals surface area contributed by atoms with Gasteiger partial charge < -0.3 is 14.5 Å². The second kappa shape index (κ2) is 11.3. The molecule has 2 aromatic heterocycles. The molecule has 4 rings (SSSR count). The molecule has 34 heavy (non-hydrogen) atoms. The first-order valence-electron chi connectivity index (χ1n) is 10.9. The third-order valence-corrected chi connectivity index (χ3v) is 6.21. The smallest absolute Gasteiger partial charge is 0.254 e. The molecule has 1 aliphatic rings. The number of amides is 2. The van der Waals surface area contributed by atoms with Gasteiger partial charge in [0.25, 0.3) is 5.91 Å². The monoisotopic (exact) mass is 499 g/mol. The van der Waals surface area contributed by atoms with Gasteiger partial charge in [-0.25, -0.2) is 9.97 Å². The zero-order valence-electron chi connectivity index (χ0n) is 18.4. The molecule has 3 heterocycles. The molecule has 1 fully saturated rings. The lowest BCUT2D eigenvalue weighted by Gasteiger charge is -2.34. The number of benzene rings is 1. The Morgan fingerprint density at radius 3 is 2.41 bits per heavy atom. The van der Waals surface area contributed by atoms with E-state index in [-0.39, 0.29) is 23.4 Å². The van der Waals surface area contributed by atoms with Gasteiger partial charge in [-0.1, -0.05) is 41.4 Å². The molecule has 0 bridgehead atoms. The first kappa shape index (κ1) is 23.9. The SMILES string of the molecule is O=C(Cc1nccnc1Cl)N1CCN(C(=O)c2ccnc(OCCc3ccccc3Cl)c2)CC1. The molecule has 0 saturated carbocycles. The molecule has 1 aromatic carbocycles. The van der Waals surface area contributed by atoms with Crippen molar-refractivity contribution in [2.24, 2.45) is 0 Å². The molecular formula is C24H23Cl2N5O3. The van der Waals surface area contributed by atoms with Crippen LogP contribution < -0.4 is 4.74 Å². The molecule has 0 unspecified atom stereocenters. The highest BCUT2D eigenvalue weighted by molar-refractivity contribution is 6.31. The van der Waals surface area contributed by atoms with E-state index in [0.717, 1.165) is 5.56 Å². The van der Waals surface area contributed by atoms with E-state index in [1.54, 1.807) is 28.1 Å². The van der Waals surface area contributed by atoms with Gasteiger partial charge >= 0.3 is 0 Å². The van der Waals surface area contributed by atoms with Gasteiger partial charge in [0.2, 0.25) is 11.8 Å². The number of hydrogen-bond donors (Lipinski definition) is 0. The molecular weight excluding hydrogens is 477 g/mol. The highest BCUT2D eigenvalue weighted by Gasteiger charge is 2.26. The first-order chi connectivity index (χ1) is 16.5. The second-order valence-corrected chi connectivity index (χ2v) is 8.48. The number of carbonyl (C=O) groups excluding carboxylic acids is 2. The average Bonchev–Trinajstić information content (AvgIpc) is 2.86. The van der Waals surface area contributed by atoms with Crippen molar-refractivity contribution in [1.29, 1.82) is 0 Å². The first-order valence-corrected chi connectivity index (χ1v) is 11.6. The third kappa shape index (κ3) is 6.01. The molecule has 0 atom stereocenters. The van der Waals surface area contributed by atoms with Crippen LogP contribution in [-0.2, 0) is 17.6 Å². The Labute approximate surface area is 207 Å². The van der Waals surface area contributed by atoms with Crippen LogP contribution in [0.3, 0.4) is 0 Å². The topological polar surface area (TPSA) is 88.5 Å². The summed E-state index contributed by atoms with van der Waals surface area (Å²) in [5.74, 6) is 0.169. The zero-order chi connectivity index (χ0) is 23.9. The zero-order valence-corrected chi connectivity index (χ0v) is 19.9. The van der Waals surface area contributed by atoms with Gasteiger partial charge in [-0.15, -0.1) is 0 Å². The van der Waals surface area contributed by atoms with E-state index in [1.807, 2.05) is 24.3 Å². The number of piperazine rings is 1. The van der Waals surface area contributed by atoms with Gasteiger partial charge in [0, 0.05) is 67.8 Å². The maximum Gasteiger partial charge on any atom is 0.254 e. The van der Waals surface area contributed by atoms with Crippen LogP contribution in [0.4, 0.5) is 0 Å². The van der Waals surface area contributed by atoms with Crippen LogP contribution in [0.2, 0.25) is 10.2 Å². The van der Waals surface area contributed by atoms with Crippen LogP contribution in [0.25, 0.3) is 0 Å². The number of pyridine rings is 1. The van der Waals surface area contributed by atoms with E-state index in [1.165, 1.54) is 12.4 Å². The molecule has 0 N–H and O–H groups in total. The van der Waals surface area contributed by atoms with Crippen LogP contribution in [0.1, 0.15) is 21.6 Å². The number of hydrogen-bond acceptors (Lipinski definition) is 6. The van der Waals surface area contributed by atoms with Gasteiger partial charge in [-0.3, -0.25) is 14.6 Å². The number of halogens is 2. The summed E-state index contributed by atoms with van der Waals surface area (Å²) in [6.07, 6.45) is 5.27. The summed E-state index contributed by atoms with van der Waals surface area (Å²) >= 11 is 12.2. The molecule has 10 heteroatoms.